The van der Waals surface area contributed by atoms with Gasteiger partial charge in [0.2, 0.25) is 0 Å². The number of thioether (sulfide) groups is 1. The van der Waals surface area contributed by atoms with Crippen molar-refractivity contribution in [1.82, 2.24) is 0 Å². The standard InChI is InChI=1S/C13H13FO3S/c1-9(15)18-6-2-3-10-7-12(14)5-4-11(10)8-13(16)17/h2-5,7H,6,8H2,1H3,(H,16,17). The molecule has 1 N–H and O–H groups in total. The topological polar surface area (TPSA) is 54.4 Å². The van der Waals surface area contributed by atoms with Crippen molar-refractivity contribution in [2.75, 3.05) is 5.75 Å². The lowest BCUT2D eigenvalue weighted by atomic mass is 10.0. The highest BCUT2D eigenvalue weighted by molar-refractivity contribution is 8.13. The highest BCUT2D eigenvalue weighted by Gasteiger charge is 2.06. The Bertz CT molecular complexity index is 483. The number of rotatable bonds is 5. The third-order valence-corrected chi connectivity index (χ3v) is 2.90. The van der Waals surface area contributed by atoms with E-state index < -0.39 is 11.8 Å². The van der Waals surface area contributed by atoms with E-state index >= 15 is 0 Å². The van der Waals surface area contributed by atoms with Gasteiger partial charge in [0, 0.05) is 12.7 Å². The second-order valence-corrected chi connectivity index (χ2v) is 4.82. The molecule has 1 rings (SSSR count). The Labute approximate surface area is 109 Å². The molecule has 0 spiro atoms. The maximum absolute atomic E-state index is 13.1. The quantitative estimate of drug-likeness (QED) is 0.892. The molecule has 0 fully saturated rings. The van der Waals surface area contributed by atoms with E-state index in [4.69, 9.17) is 5.11 Å². The van der Waals surface area contributed by atoms with Gasteiger partial charge in [0.1, 0.15) is 5.82 Å². The molecular formula is C13H13FO3S. The molecule has 0 unspecified atom stereocenters. The minimum Gasteiger partial charge on any atom is -0.481 e. The van der Waals surface area contributed by atoms with Gasteiger partial charge in [-0.3, -0.25) is 9.59 Å². The molecule has 0 aliphatic carbocycles. The molecule has 3 nitrogen and oxygen atoms in total. The van der Waals surface area contributed by atoms with Crippen molar-refractivity contribution < 1.29 is 19.1 Å². The van der Waals surface area contributed by atoms with Crippen molar-refractivity contribution in [3.05, 3.63) is 41.2 Å². The van der Waals surface area contributed by atoms with Crippen molar-refractivity contribution in [2.45, 2.75) is 13.3 Å². The smallest absolute Gasteiger partial charge is 0.307 e. The maximum atomic E-state index is 13.1. The summed E-state index contributed by atoms with van der Waals surface area (Å²) >= 11 is 1.14. The number of aliphatic carboxylic acids is 1. The average molecular weight is 268 g/mol. The fourth-order valence-electron chi connectivity index (χ4n) is 1.39. The van der Waals surface area contributed by atoms with Crippen LogP contribution in [0.2, 0.25) is 0 Å². The summed E-state index contributed by atoms with van der Waals surface area (Å²) < 4.78 is 13.1. The summed E-state index contributed by atoms with van der Waals surface area (Å²) in [5.74, 6) is -0.893. The van der Waals surface area contributed by atoms with Crippen LogP contribution in [0.1, 0.15) is 18.1 Å². The van der Waals surface area contributed by atoms with E-state index in [0.717, 1.165) is 11.8 Å². The molecule has 0 heterocycles. The molecule has 0 radical (unpaired) electrons. The van der Waals surface area contributed by atoms with Gasteiger partial charge in [0.05, 0.1) is 6.42 Å². The Morgan fingerprint density at radius 2 is 2.17 bits per heavy atom. The number of hydrogen-bond donors (Lipinski definition) is 1. The Morgan fingerprint density at radius 3 is 2.78 bits per heavy atom. The van der Waals surface area contributed by atoms with Crippen LogP contribution in [-0.2, 0) is 16.0 Å². The van der Waals surface area contributed by atoms with Gasteiger partial charge in [-0.2, -0.15) is 0 Å². The van der Waals surface area contributed by atoms with E-state index in [-0.39, 0.29) is 11.5 Å². The summed E-state index contributed by atoms with van der Waals surface area (Å²) in [5.41, 5.74) is 1.08. The zero-order valence-corrected chi connectivity index (χ0v) is 10.7. The van der Waals surface area contributed by atoms with Crippen molar-refractivity contribution >= 4 is 28.9 Å². The summed E-state index contributed by atoms with van der Waals surface area (Å²) in [7, 11) is 0. The molecule has 0 aliphatic heterocycles. The van der Waals surface area contributed by atoms with Crippen LogP contribution in [0.15, 0.2) is 24.3 Å². The predicted octanol–water partition coefficient (Wildman–Crippen LogP) is 2.75. The summed E-state index contributed by atoms with van der Waals surface area (Å²) in [6.07, 6.45) is 3.20. The Hall–Kier alpha value is -1.62. The first kappa shape index (κ1) is 14.4. The van der Waals surface area contributed by atoms with Gasteiger partial charge >= 0.3 is 5.97 Å². The zero-order valence-electron chi connectivity index (χ0n) is 9.85. The van der Waals surface area contributed by atoms with Crippen molar-refractivity contribution in [3.8, 4) is 0 Å². The number of carboxylic acids is 1. The lowest BCUT2D eigenvalue weighted by Gasteiger charge is -2.03. The van der Waals surface area contributed by atoms with Gasteiger partial charge in [-0.1, -0.05) is 30.0 Å². The molecule has 0 saturated heterocycles. The Balaban J connectivity index is 2.81. The van der Waals surface area contributed by atoms with Crippen LogP contribution >= 0.6 is 11.8 Å². The lowest BCUT2D eigenvalue weighted by Crippen LogP contribution is -2.02. The number of carboxylic acid groups (broad SMARTS) is 1. The predicted molar refractivity (Wildman–Crippen MR) is 69.9 cm³/mol. The first-order chi connectivity index (χ1) is 8.49. The van der Waals surface area contributed by atoms with Gasteiger partial charge < -0.3 is 5.11 Å². The number of halogens is 1. The number of carbonyl (C=O) groups excluding carboxylic acids is 1. The fraction of sp³-hybridized carbons (Fsp3) is 0.231. The van der Waals surface area contributed by atoms with Crippen molar-refractivity contribution in [2.24, 2.45) is 0 Å². The highest BCUT2D eigenvalue weighted by Crippen LogP contribution is 2.15. The van der Waals surface area contributed by atoms with E-state index in [0.29, 0.717) is 16.9 Å². The normalized spacial score (nSPS) is 10.8. The van der Waals surface area contributed by atoms with Gasteiger partial charge in [0.15, 0.2) is 5.12 Å². The van der Waals surface area contributed by atoms with E-state index in [9.17, 15) is 14.0 Å². The SMILES string of the molecule is CC(=O)SCC=Cc1cc(F)ccc1CC(=O)O. The van der Waals surface area contributed by atoms with Crippen LogP contribution in [0, 0.1) is 5.82 Å². The Kier molecular flexibility index (Phi) is 5.58. The summed E-state index contributed by atoms with van der Waals surface area (Å²) in [5, 5.41) is 8.74. The molecule has 0 aliphatic rings. The number of benzene rings is 1. The number of carbonyl (C=O) groups is 2. The van der Waals surface area contributed by atoms with Crippen LogP contribution in [0.5, 0.6) is 0 Å². The van der Waals surface area contributed by atoms with Gasteiger partial charge in [-0.15, -0.1) is 0 Å². The molecule has 18 heavy (non-hydrogen) atoms. The maximum Gasteiger partial charge on any atom is 0.307 e. The third-order valence-electron chi connectivity index (χ3n) is 2.13. The molecule has 1 aromatic rings. The van der Waals surface area contributed by atoms with Crippen LogP contribution in [0.25, 0.3) is 6.08 Å². The molecule has 0 atom stereocenters. The summed E-state index contributed by atoms with van der Waals surface area (Å²) in [6.45, 7) is 1.47. The molecular weight excluding hydrogens is 255 g/mol. The van der Waals surface area contributed by atoms with E-state index in [1.54, 1.807) is 12.2 Å². The van der Waals surface area contributed by atoms with E-state index in [2.05, 4.69) is 0 Å². The molecule has 0 saturated carbocycles. The first-order valence-corrected chi connectivity index (χ1v) is 6.27. The number of hydrogen-bond acceptors (Lipinski definition) is 3. The zero-order chi connectivity index (χ0) is 13.5. The highest BCUT2D eigenvalue weighted by atomic mass is 32.2. The molecule has 0 bridgehead atoms. The second kappa shape index (κ2) is 6.96. The van der Waals surface area contributed by atoms with Gasteiger partial charge in [0.25, 0.3) is 0 Å². The third kappa shape index (κ3) is 5.14. The molecule has 0 aromatic heterocycles. The van der Waals surface area contributed by atoms with Crippen LogP contribution in [-0.4, -0.2) is 21.9 Å². The van der Waals surface area contributed by atoms with Crippen LogP contribution in [0.4, 0.5) is 4.39 Å². The largest absolute Gasteiger partial charge is 0.481 e. The van der Waals surface area contributed by atoms with Gasteiger partial charge in [-0.25, -0.2) is 4.39 Å². The van der Waals surface area contributed by atoms with Crippen molar-refractivity contribution in [1.29, 1.82) is 0 Å². The summed E-state index contributed by atoms with van der Waals surface area (Å²) in [4.78, 5) is 21.4. The molecule has 0 amide bonds. The van der Waals surface area contributed by atoms with E-state index in [1.807, 2.05) is 0 Å². The average Bonchev–Trinajstić information content (AvgIpc) is 2.27. The minimum absolute atomic E-state index is 0.00431. The monoisotopic (exact) mass is 268 g/mol. The van der Waals surface area contributed by atoms with Gasteiger partial charge in [-0.05, 0) is 23.3 Å². The van der Waals surface area contributed by atoms with Crippen LogP contribution < -0.4 is 0 Å². The fourth-order valence-corrected chi connectivity index (χ4v) is 1.81. The summed E-state index contributed by atoms with van der Waals surface area (Å²) in [6, 6.07) is 3.98. The second-order valence-electron chi connectivity index (χ2n) is 3.62. The van der Waals surface area contributed by atoms with E-state index in [1.165, 1.54) is 25.1 Å². The van der Waals surface area contributed by atoms with Crippen LogP contribution in [0.3, 0.4) is 0 Å². The lowest BCUT2D eigenvalue weighted by molar-refractivity contribution is -0.136. The molecule has 5 heteroatoms. The minimum atomic E-state index is -0.964. The molecule has 1 aromatic carbocycles. The first-order valence-electron chi connectivity index (χ1n) is 5.29. The Morgan fingerprint density at radius 1 is 1.44 bits per heavy atom. The van der Waals surface area contributed by atoms with Crippen molar-refractivity contribution in [3.63, 3.8) is 0 Å². The molecule has 96 valence electrons.